The van der Waals surface area contributed by atoms with Crippen LogP contribution in [0.1, 0.15) is 67.2 Å². The monoisotopic (exact) mass is 269 g/mol. The largest absolute Gasteiger partial charge is 0.353 e. The molecule has 0 aromatic carbocycles. The molecular formula is C15H31N3O. The van der Waals surface area contributed by atoms with Gasteiger partial charge in [-0.1, -0.05) is 0 Å². The molecule has 0 aliphatic carbocycles. The van der Waals surface area contributed by atoms with Crippen molar-refractivity contribution in [3.8, 4) is 0 Å². The molecule has 0 spiro atoms. The summed E-state index contributed by atoms with van der Waals surface area (Å²) in [6.07, 6.45) is 3.16. The number of hydrogen-bond acceptors (Lipinski definition) is 3. The fourth-order valence-electron chi connectivity index (χ4n) is 3.16. The fraction of sp³-hybridized carbons (Fsp3) is 0.933. The molecule has 1 saturated heterocycles. The number of nitrogens with one attached hydrogen (secondary N) is 2. The molecule has 1 fully saturated rings. The van der Waals surface area contributed by atoms with E-state index < -0.39 is 0 Å². The summed E-state index contributed by atoms with van der Waals surface area (Å²) in [6, 6.07) is 0.250. The van der Waals surface area contributed by atoms with Crippen molar-refractivity contribution in [2.45, 2.75) is 89.9 Å². The number of piperidine rings is 1. The molecule has 0 unspecified atom stereocenters. The van der Waals surface area contributed by atoms with Crippen LogP contribution in [0, 0.1) is 0 Å². The molecule has 4 heteroatoms. The van der Waals surface area contributed by atoms with Gasteiger partial charge in [0.2, 0.25) is 5.91 Å². The second-order valence-corrected chi connectivity index (χ2v) is 8.05. The Balaban J connectivity index is 2.50. The van der Waals surface area contributed by atoms with Crippen LogP contribution in [0.4, 0.5) is 0 Å². The average molecular weight is 269 g/mol. The lowest BCUT2D eigenvalue weighted by atomic mass is 9.79. The van der Waals surface area contributed by atoms with Gasteiger partial charge in [0.05, 0.1) is 0 Å². The van der Waals surface area contributed by atoms with Crippen molar-refractivity contribution >= 4 is 5.91 Å². The van der Waals surface area contributed by atoms with Crippen LogP contribution in [0.2, 0.25) is 0 Å². The fourth-order valence-corrected chi connectivity index (χ4v) is 3.16. The quantitative estimate of drug-likeness (QED) is 0.730. The minimum absolute atomic E-state index is 0.0623. The van der Waals surface area contributed by atoms with Crippen molar-refractivity contribution in [1.29, 1.82) is 0 Å². The predicted molar refractivity (Wildman–Crippen MR) is 80.0 cm³/mol. The molecule has 112 valence electrons. The summed E-state index contributed by atoms with van der Waals surface area (Å²) in [5, 5.41) is 6.79. The first-order chi connectivity index (χ1) is 8.39. The standard InChI is InChI=1S/C15H31N3O/c1-13(2,16)8-7-12(19)17-11-9-14(3,4)18-15(5,6)10-11/h11,18H,7-10,16H2,1-6H3,(H,17,19). The van der Waals surface area contributed by atoms with E-state index in [4.69, 9.17) is 5.73 Å². The molecule has 1 aliphatic heterocycles. The molecule has 0 aromatic rings. The zero-order valence-electron chi connectivity index (χ0n) is 13.4. The first-order valence-electron chi connectivity index (χ1n) is 7.26. The summed E-state index contributed by atoms with van der Waals surface area (Å²) < 4.78 is 0. The topological polar surface area (TPSA) is 67.2 Å². The summed E-state index contributed by atoms with van der Waals surface area (Å²) in [4.78, 5) is 12.0. The van der Waals surface area contributed by atoms with Crippen LogP contribution < -0.4 is 16.4 Å². The number of hydrogen-bond donors (Lipinski definition) is 3. The summed E-state index contributed by atoms with van der Waals surface area (Å²) in [5.74, 6) is 0.122. The second kappa shape index (κ2) is 5.41. The van der Waals surface area contributed by atoms with Crippen LogP contribution in [0.15, 0.2) is 0 Å². The van der Waals surface area contributed by atoms with Gasteiger partial charge < -0.3 is 16.4 Å². The van der Waals surface area contributed by atoms with Gasteiger partial charge in [-0.3, -0.25) is 4.79 Å². The van der Waals surface area contributed by atoms with Crippen molar-refractivity contribution in [2.24, 2.45) is 5.73 Å². The van der Waals surface area contributed by atoms with Gasteiger partial charge in [0.25, 0.3) is 0 Å². The zero-order chi connectivity index (χ0) is 14.9. The highest BCUT2D eigenvalue weighted by Crippen LogP contribution is 2.28. The Hall–Kier alpha value is -0.610. The average Bonchev–Trinajstić information content (AvgIpc) is 2.07. The van der Waals surface area contributed by atoms with Gasteiger partial charge in [0.15, 0.2) is 0 Å². The Kier molecular flexibility index (Phi) is 4.68. The number of amides is 1. The van der Waals surface area contributed by atoms with E-state index in [-0.39, 0.29) is 28.6 Å². The van der Waals surface area contributed by atoms with Crippen molar-refractivity contribution in [3.63, 3.8) is 0 Å². The lowest BCUT2D eigenvalue weighted by Crippen LogP contribution is -2.62. The minimum Gasteiger partial charge on any atom is -0.353 e. The third kappa shape index (κ3) is 6.39. The van der Waals surface area contributed by atoms with E-state index in [2.05, 4.69) is 38.3 Å². The number of carbonyl (C=O) groups excluding carboxylic acids is 1. The lowest BCUT2D eigenvalue weighted by Gasteiger charge is -2.46. The third-order valence-electron chi connectivity index (χ3n) is 3.55. The molecule has 0 atom stereocenters. The van der Waals surface area contributed by atoms with E-state index in [1.807, 2.05) is 13.8 Å². The van der Waals surface area contributed by atoms with E-state index in [0.29, 0.717) is 6.42 Å². The van der Waals surface area contributed by atoms with Crippen LogP contribution in [-0.2, 0) is 4.79 Å². The molecule has 4 N–H and O–H groups in total. The molecule has 19 heavy (non-hydrogen) atoms. The Morgan fingerprint density at radius 2 is 1.74 bits per heavy atom. The molecular weight excluding hydrogens is 238 g/mol. The highest BCUT2D eigenvalue weighted by molar-refractivity contribution is 5.76. The number of carbonyl (C=O) groups is 1. The Morgan fingerprint density at radius 3 is 2.16 bits per heavy atom. The van der Waals surface area contributed by atoms with E-state index >= 15 is 0 Å². The molecule has 4 nitrogen and oxygen atoms in total. The van der Waals surface area contributed by atoms with E-state index in [1.165, 1.54) is 0 Å². The summed E-state index contributed by atoms with van der Waals surface area (Å²) in [7, 11) is 0. The highest BCUT2D eigenvalue weighted by Gasteiger charge is 2.38. The number of rotatable bonds is 4. The molecule has 0 aromatic heterocycles. The first-order valence-corrected chi connectivity index (χ1v) is 7.26. The van der Waals surface area contributed by atoms with Crippen LogP contribution in [0.5, 0.6) is 0 Å². The molecule has 1 amide bonds. The van der Waals surface area contributed by atoms with Crippen LogP contribution in [-0.4, -0.2) is 28.6 Å². The SMILES string of the molecule is CC(C)(N)CCC(=O)NC1CC(C)(C)NC(C)(C)C1. The molecule has 0 radical (unpaired) electrons. The van der Waals surface area contributed by atoms with E-state index in [9.17, 15) is 4.79 Å². The van der Waals surface area contributed by atoms with Crippen molar-refractivity contribution in [1.82, 2.24) is 10.6 Å². The van der Waals surface area contributed by atoms with Gasteiger partial charge >= 0.3 is 0 Å². The van der Waals surface area contributed by atoms with Crippen LogP contribution >= 0.6 is 0 Å². The predicted octanol–water partition coefficient (Wildman–Crippen LogP) is 1.93. The van der Waals surface area contributed by atoms with Crippen molar-refractivity contribution < 1.29 is 4.79 Å². The highest BCUT2D eigenvalue weighted by atomic mass is 16.1. The second-order valence-electron chi connectivity index (χ2n) is 8.05. The van der Waals surface area contributed by atoms with Crippen molar-refractivity contribution in [3.05, 3.63) is 0 Å². The minimum atomic E-state index is -0.274. The van der Waals surface area contributed by atoms with Gasteiger partial charge in [-0.05, 0) is 60.8 Å². The van der Waals surface area contributed by atoms with Gasteiger partial charge in [-0.2, -0.15) is 0 Å². The Morgan fingerprint density at radius 1 is 1.26 bits per heavy atom. The first kappa shape index (κ1) is 16.4. The maximum absolute atomic E-state index is 12.0. The smallest absolute Gasteiger partial charge is 0.220 e. The van der Waals surface area contributed by atoms with Gasteiger partial charge in [-0.25, -0.2) is 0 Å². The third-order valence-corrected chi connectivity index (χ3v) is 3.55. The van der Waals surface area contributed by atoms with E-state index in [1.54, 1.807) is 0 Å². The molecule has 1 aliphatic rings. The summed E-state index contributed by atoms with van der Waals surface area (Å²) in [5.41, 5.74) is 5.76. The molecule has 1 rings (SSSR count). The Labute approximate surface area is 117 Å². The van der Waals surface area contributed by atoms with Gasteiger partial charge in [0.1, 0.15) is 0 Å². The normalized spacial score (nSPS) is 23.1. The van der Waals surface area contributed by atoms with Crippen molar-refractivity contribution in [2.75, 3.05) is 0 Å². The maximum Gasteiger partial charge on any atom is 0.220 e. The zero-order valence-corrected chi connectivity index (χ0v) is 13.4. The molecule has 0 saturated carbocycles. The maximum atomic E-state index is 12.0. The van der Waals surface area contributed by atoms with Gasteiger partial charge in [0, 0.05) is 29.1 Å². The summed E-state index contributed by atoms with van der Waals surface area (Å²) >= 11 is 0. The molecule has 0 bridgehead atoms. The number of nitrogens with two attached hydrogens (primary N) is 1. The van der Waals surface area contributed by atoms with Crippen LogP contribution in [0.25, 0.3) is 0 Å². The molecule has 1 heterocycles. The van der Waals surface area contributed by atoms with Crippen LogP contribution in [0.3, 0.4) is 0 Å². The van der Waals surface area contributed by atoms with E-state index in [0.717, 1.165) is 19.3 Å². The van der Waals surface area contributed by atoms with Gasteiger partial charge in [-0.15, -0.1) is 0 Å². The summed E-state index contributed by atoms with van der Waals surface area (Å²) in [6.45, 7) is 12.7. The lowest BCUT2D eigenvalue weighted by molar-refractivity contribution is -0.122. The Bertz CT molecular complexity index is 313.